The normalized spacial score (nSPS) is 15.8. The zero-order chi connectivity index (χ0) is 20.8. The minimum atomic E-state index is -4.61. The summed E-state index contributed by atoms with van der Waals surface area (Å²) in [6.07, 6.45) is -3.35. The van der Waals surface area contributed by atoms with Gasteiger partial charge in [-0.1, -0.05) is 12.1 Å². The van der Waals surface area contributed by atoms with E-state index in [9.17, 15) is 22.8 Å². The molecule has 1 amide bonds. The molecular weight excluding hydrogens is 389 g/mol. The van der Waals surface area contributed by atoms with Crippen molar-refractivity contribution in [1.82, 2.24) is 30.1 Å². The van der Waals surface area contributed by atoms with Crippen LogP contribution in [-0.4, -0.2) is 49.1 Å². The van der Waals surface area contributed by atoms with Gasteiger partial charge in [-0.25, -0.2) is 4.68 Å². The second kappa shape index (κ2) is 6.98. The number of nitrogens with zero attached hydrogens (tertiary/aromatic N) is 5. The number of carbonyl (C=O) groups is 1. The van der Waals surface area contributed by atoms with Crippen molar-refractivity contribution in [3.05, 3.63) is 51.6 Å². The fraction of sp³-hybridized carbons (Fsp3) is 0.389. The maximum Gasteiger partial charge on any atom is 0.418 e. The molecule has 0 unspecified atom stereocenters. The van der Waals surface area contributed by atoms with E-state index >= 15 is 0 Å². The molecule has 0 radical (unpaired) electrons. The van der Waals surface area contributed by atoms with E-state index in [1.54, 1.807) is 11.7 Å². The van der Waals surface area contributed by atoms with Crippen molar-refractivity contribution >= 4 is 16.8 Å². The molecule has 0 spiro atoms. The zero-order valence-corrected chi connectivity index (χ0v) is 15.4. The predicted molar refractivity (Wildman–Crippen MR) is 96.2 cm³/mol. The number of halogens is 3. The Morgan fingerprint density at radius 2 is 1.97 bits per heavy atom. The summed E-state index contributed by atoms with van der Waals surface area (Å²) in [5, 5.41) is 11.6. The van der Waals surface area contributed by atoms with Crippen LogP contribution in [0.1, 0.15) is 40.5 Å². The molecule has 2 aromatic heterocycles. The Balaban J connectivity index is 1.59. The SMILES string of the molecule is Cn1nnnc1C1CCN(C(=O)c2cc3cccc(C(F)(F)F)c3[nH]c2=O)CC1. The Morgan fingerprint density at radius 1 is 1.24 bits per heavy atom. The first kappa shape index (κ1) is 19.1. The Kier molecular flexibility index (Phi) is 4.59. The van der Waals surface area contributed by atoms with Gasteiger partial charge >= 0.3 is 6.18 Å². The lowest BCUT2D eigenvalue weighted by Crippen LogP contribution is -2.40. The zero-order valence-electron chi connectivity index (χ0n) is 15.4. The monoisotopic (exact) mass is 406 g/mol. The third kappa shape index (κ3) is 3.47. The molecular formula is C18H17F3N6O2. The third-order valence-corrected chi connectivity index (χ3v) is 5.22. The number of H-pyrrole nitrogens is 1. The number of tetrazole rings is 1. The summed E-state index contributed by atoms with van der Waals surface area (Å²) in [5.74, 6) is 0.337. The molecule has 1 N–H and O–H groups in total. The highest BCUT2D eigenvalue weighted by Crippen LogP contribution is 2.33. The molecule has 1 aliphatic rings. The number of carbonyl (C=O) groups excluding carboxylic acids is 1. The molecule has 4 rings (SSSR count). The van der Waals surface area contributed by atoms with E-state index in [1.807, 2.05) is 0 Å². The number of amides is 1. The molecule has 0 atom stereocenters. The molecule has 11 heteroatoms. The number of benzene rings is 1. The van der Waals surface area contributed by atoms with Crippen LogP contribution in [0.25, 0.3) is 10.9 Å². The number of rotatable bonds is 2. The van der Waals surface area contributed by atoms with Crippen LogP contribution in [0.4, 0.5) is 13.2 Å². The largest absolute Gasteiger partial charge is 0.418 e. The number of piperidine rings is 1. The maximum atomic E-state index is 13.2. The van der Waals surface area contributed by atoms with Crippen molar-refractivity contribution in [2.45, 2.75) is 24.9 Å². The van der Waals surface area contributed by atoms with Gasteiger partial charge in [0, 0.05) is 26.1 Å². The molecule has 1 fully saturated rings. The smallest absolute Gasteiger partial charge is 0.338 e. The molecule has 0 saturated carbocycles. The number of fused-ring (bicyclic) bond motifs is 1. The fourth-order valence-corrected chi connectivity index (χ4v) is 3.72. The number of aromatic nitrogens is 5. The minimum Gasteiger partial charge on any atom is -0.338 e. The van der Waals surface area contributed by atoms with Gasteiger partial charge in [-0.15, -0.1) is 5.10 Å². The first-order chi connectivity index (χ1) is 13.8. The Morgan fingerprint density at radius 3 is 2.59 bits per heavy atom. The number of hydrogen-bond acceptors (Lipinski definition) is 5. The number of aryl methyl sites for hydroxylation is 1. The lowest BCUT2D eigenvalue weighted by molar-refractivity contribution is -0.136. The third-order valence-electron chi connectivity index (χ3n) is 5.22. The van der Waals surface area contributed by atoms with Gasteiger partial charge in [-0.2, -0.15) is 13.2 Å². The van der Waals surface area contributed by atoms with Crippen molar-refractivity contribution in [2.24, 2.45) is 7.05 Å². The summed E-state index contributed by atoms with van der Waals surface area (Å²) in [7, 11) is 1.75. The molecule has 1 saturated heterocycles. The summed E-state index contributed by atoms with van der Waals surface area (Å²) in [4.78, 5) is 29.0. The van der Waals surface area contributed by atoms with E-state index in [-0.39, 0.29) is 22.4 Å². The second-order valence-electron chi connectivity index (χ2n) is 7.01. The van der Waals surface area contributed by atoms with E-state index in [4.69, 9.17) is 0 Å². The Labute approximate surface area is 162 Å². The standard InChI is InChI=1S/C18H17F3N6O2/c1-26-15(23-24-25-26)10-5-7-27(8-6-10)17(29)12-9-11-3-2-4-13(18(19,20)21)14(11)22-16(12)28/h2-4,9-10H,5-8H2,1H3,(H,22,28). The molecule has 0 aliphatic carbocycles. The van der Waals surface area contributed by atoms with Crippen LogP contribution in [0.3, 0.4) is 0 Å². The summed E-state index contributed by atoms with van der Waals surface area (Å²) < 4.78 is 41.1. The van der Waals surface area contributed by atoms with Gasteiger partial charge in [0.1, 0.15) is 5.56 Å². The number of alkyl halides is 3. The van der Waals surface area contributed by atoms with Gasteiger partial charge in [0.2, 0.25) is 0 Å². The summed E-state index contributed by atoms with van der Waals surface area (Å²) >= 11 is 0. The van der Waals surface area contributed by atoms with Gasteiger partial charge in [0.05, 0.1) is 11.1 Å². The van der Waals surface area contributed by atoms with E-state index in [2.05, 4.69) is 20.5 Å². The Bertz CT molecular complexity index is 1130. The lowest BCUT2D eigenvalue weighted by Gasteiger charge is -2.31. The van der Waals surface area contributed by atoms with Crippen LogP contribution in [0.2, 0.25) is 0 Å². The van der Waals surface area contributed by atoms with Gasteiger partial charge in [-0.05, 0) is 40.8 Å². The highest BCUT2D eigenvalue weighted by Gasteiger charge is 2.34. The van der Waals surface area contributed by atoms with Gasteiger partial charge < -0.3 is 9.88 Å². The first-order valence-electron chi connectivity index (χ1n) is 9.00. The van der Waals surface area contributed by atoms with E-state index in [1.165, 1.54) is 23.1 Å². The maximum absolute atomic E-state index is 13.2. The summed E-state index contributed by atoms with van der Waals surface area (Å²) in [5.41, 5.74) is -2.27. The molecule has 8 nitrogen and oxygen atoms in total. The van der Waals surface area contributed by atoms with Crippen molar-refractivity contribution in [2.75, 3.05) is 13.1 Å². The highest BCUT2D eigenvalue weighted by molar-refractivity contribution is 5.97. The first-order valence-corrected chi connectivity index (χ1v) is 9.00. The molecule has 1 aliphatic heterocycles. The van der Waals surface area contributed by atoms with Gasteiger partial charge in [0.25, 0.3) is 11.5 Å². The molecule has 1 aromatic carbocycles. The number of pyridine rings is 1. The van der Waals surface area contributed by atoms with E-state index in [0.29, 0.717) is 25.9 Å². The average molecular weight is 406 g/mol. The summed E-state index contributed by atoms with van der Waals surface area (Å²) in [6.45, 7) is 0.798. The summed E-state index contributed by atoms with van der Waals surface area (Å²) in [6, 6.07) is 4.80. The minimum absolute atomic E-state index is 0.100. The molecule has 0 bridgehead atoms. The number of aromatic amines is 1. The Hall–Kier alpha value is -3.24. The van der Waals surface area contributed by atoms with Gasteiger partial charge in [0.15, 0.2) is 5.82 Å². The van der Waals surface area contributed by atoms with Crippen LogP contribution in [0.5, 0.6) is 0 Å². The van der Waals surface area contributed by atoms with Crippen LogP contribution in [0, 0.1) is 0 Å². The second-order valence-corrected chi connectivity index (χ2v) is 7.01. The van der Waals surface area contributed by atoms with E-state index < -0.39 is 23.2 Å². The van der Waals surface area contributed by atoms with Crippen molar-refractivity contribution < 1.29 is 18.0 Å². The lowest BCUT2D eigenvalue weighted by atomic mass is 9.95. The topological polar surface area (TPSA) is 96.8 Å². The molecule has 3 aromatic rings. The number of hydrogen-bond donors (Lipinski definition) is 1. The molecule has 3 heterocycles. The van der Waals surface area contributed by atoms with E-state index in [0.717, 1.165) is 11.9 Å². The van der Waals surface area contributed by atoms with Crippen molar-refractivity contribution in [3.8, 4) is 0 Å². The van der Waals surface area contributed by atoms with Gasteiger partial charge in [-0.3, -0.25) is 9.59 Å². The molecule has 29 heavy (non-hydrogen) atoms. The fourth-order valence-electron chi connectivity index (χ4n) is 3.72. The van der Waals surface area contributed by atoms with Crippen LogP contribution in [0.15, 0.2) is 29.1 Å². The quantitative estimate of drug-likeness (QED) is 0.703. The number of nitrogens with one attached hydrogen (secondary N) is 1. The number of likely N-dealkylation sites (tertiary alicyclic amines) is 1. The highest BCUT2D eigenvalue weighted by atomic mass is 19.4. The molecule has 152 valence electrons. The number of para-hydroxylation sites is 1. The van der Waals surface area contributed by atoms with Crippen LogP contribution >= 0.6 is 0 Å². The van der Waals surface area contributed by atoms with Crippen LogP contribution in [-0.2, 0) is 13.2 Å². The average Bonchev–Trinajstić information content (AvgIpc) is 3.11. The van der Waals surface area contributed by atoms with Crippen molar-refractivity contribution in [1.29, 1.82) is 0 Å². The van der Waals surface area contributed by atoms with Crippen molar-refractivity contribution in [3.63, 3.8) is 0 Å². The predicted octanol–water partition coefficient (Wildman–Crippen LogP) is 2.09. The van der Waals surface area contributed by atoms with Crippen LogP contribution < -0.4 is 5.56 Å².